The van der Waals surface area contributed by atoms with Gasteiger partial charge < -0.3 is 22.2 Å². The summed E-state index contributed by atoms with van der Waals surface area (Å²) in [6.45, 7) is 9.07. The van der Waals surface area contributed by atoms with E-state index in [4.69, 9.17) is 0 Å². The number of para-hydroxylation sites is 1. The number of hydrogen-bond acceptors (Lipinski definition) is 3. The van der Waals surface area contributed by atoms with Gasteiger partial charge in [-0.25, -0.2) is 4.39 Å². The summed E-state index contributed by atoms with van der Waals surface area (Å²) in [5.41, 5.74) is 0.659. The zero-order valence-corrected chi connectivity index (χ0v) is 14.0. The van der Waals surface area contributed by atoms with E-state index in [9.17, 15) is 9.18 Å². The van der Waals surface area contributed by atoms with Gasteiger partial charge in [0, 0.05) is 39.3 Å². The number of anilines is 1. The Balaban J connectivity index is 0.00000242. The first-order valence-electron chi connectivity index (χ1n) is 7.65. The zero-order valence-electron chi connectivity index (χ0n) is 13.3. The van der Waals surface area contributed by atoms with Crippen molar-refractivity contribution in [1.82, 2.24) is 9.80 Å². The van der Waals surface area contributed by atoms with Crippen LogP contribution in [0, 0.1) is 5.82 Å². The van der Waals surface area contributed by atoms with Gasteiger partial charge in [0.25, 0.3) is 0 Å². The van der Waals surface area contributed by atoms with Gasteiger partial charge in [0.2, 0.25) is 5.91 Å². The molecule has 1 heterocycles. The first-order chi connectivity index (χ1) is 10.2. The molecular formula is C16H24ClFN3O-. The van der Waals surface area contributed by atoms with Crippen molar-refractivity contribution < 1.29 is 21.6 Å². The van der Waals surface area contributed by atoms with Crippen LogP contribution in [0.15, 0.2) is 24.3 Å². The largest absolute Gasteiger partial charge is 1.00 e. The first-order valence-corrected chi connectivity index (χ1v) is 7.65. The second-order valence-corrected chi connectivity index (χ2v) is 5.28. The summed E-state index contributed by atoms with van der Waals surface area (Å²) in [5, 5.41) is 0. The molecule has 6 heteroatoms. The molecule has 1 fully saturated rings. The van der Waals surface area contributed by atoms with Crippen LogP contribution in [-0.4, -0.2) is 61.5 Å². The van der Waals surface area contributed by atoms with Crippen molar-refractivity contribution in [2.75, 3.05) is 50.7 Å². The Morgan fingerprint density at radius 3 is 2.27 bits per heavy atom. The van der Waals surface area contributed by atoms with Gasteiger partial charge in [-0.15, -0.1) is 0 Å². The smallest absolute Gasteiger partial charge is 0.236 e. The van der Waals surface area contributed by atoms with Crippen molar-refractivity contribution in [3.8, 4) is 0 Å². The Kier molecular flexibility index (Phi) is 7.62. The van der Waals surface area contributed by atoms with E-state index in [1.54, 1.807) is 6.07 Å². The van der Waals surface area contributed by atoms with E-state index in [0.29, 0.717) is 12.2 Å². The Labute approximate surface area is 138 Å². The summed E-state index contributed by atoms with van der Waals surface area (Å²) < 4.78 is 13.8. The number of benzene rings is 1. The van der Waals surface area contributed by atoms with Gasteiger partial charge in [-0.3, -0.25) is 9.69 Å². The molecule has 1 amide bonds. The summed E-state index contributed by atoms with van der Waals surface area (Å²) in [6, 6.07) is 6.87. The van der Waals surface area contributed by atoms with Gasteiger partial charge in [-0.1, -0.05) is 12.1 Å². The van der Waals surface area contributed by atoms with Crippen molar-refractivity contribution in [1.29, 1.82) is 0 Å². The molecule has 0 N–H and O–H groups in total. The van der Waals surface area contributed by atoms with Crippen LogP contribution in [0.4, 0.5) is 10.1 Å². The highest BCUT2D eigenvalue weighted by Crippen LogP contribution is 2.20. The molecule has 1 aromatic carbocycles. The zero-order chi connectivity index (χ0) is 15.2. The predicted molar refractivity (Wildman–Crippen MR) is 83.0 cm³/mol. The fourth-order valence-corrected chi connectivity index (χ4v) is 2.72. The van der Waals surface area contributed by atoms with Gasteiger partial charge >= 0.3 is 0 Å². The fraction of sp³-hybridized carbons (Fsp3) is 0.562. The topological polar surface area (TPSA) is 26.8 Å². The lowest BCUT2D eigenvalue weighted by Gasteiger charge is -2.36. The molecule has 1 aliphatic heterocycles. The molecule has 124 valence electrons. The average molecular weight is 329 g/mol. The van der Waals surface area contributed by atoms with Crippen LogP contribution >= 0.6 is 0 Å². The van der Waals surface area contributed by atoms with Gasteiger partial charge in [0.1, 0.15) is 5.82 Å². The normalized spacial score (nSPS) is 15.3. The Morgan fingerprint density at radius 1 is 1.14 bits per heavy atom. The van der Waals surface area contributed by atoms with Crippen molar-refractivity contribution in [2.24, 2.45) is 0 Å². The maximum absolute atomic E-state index is 13.8. The number of likely N-dealkylation sites (N-methyl/N-ethyl adjacent to an activating group) is 1. The summed E-state index contributed by atoms with van der Waals surface area (Å²) in [5.74, 6) is 0.00418. The molecule has 0 saturated carbocycles. The van der Waals surface area contributed by atoms with Crippen molar-refractivity contribution in [3.05, 3.63) is 30.1 Å². The highest BCUT2D eigenvalue weighted by Gasteiger charge is 2.22. The highest BCUT2D eigenvalue weighted by molar-refractivity contribution is 5.78. The van der Waals surface area contributed by atoms with E-state index in [1.807, 2.05) is 35.8 Å². The van der Waals surface area contributed by atoms with E-state index < -0.39 is 0 Å². The van der Waals surface area contributed by atoms with E-state index in [-0.39, 0.29) is 24.1 Å². The standard InChI is InChI=1S/C16H24FN3O.ClH/c1-3-19(4-2)16(21)13-18-9-11-20(12-10-18)15-8-6-5-7-14(15)17;/h5-8H,3-4,9-13H2,1-2H3;1H/p-1. The quantitative estimate of drug-likeness (QED) is 0.681. The molecule has 2 rings (SSSR count). The summed E-state index contributed by atoms with van der Waals surface area (Å²) in [6.07, 6.45) is 0. The number of rotatable bonds is 5. The molecule has 1 aromatic rings. The van der Waals surface area contributed by atoms with E-state index in [1.165, 1.54) is 6.07 Å². The molecule has 0 bridgehead atoms. The molecular weight excluding hydrogens is 305 g/mol. The number of hydrogen-bond donors (Lipinski definition) is 0. The van der Waals surface area contributed by atoms with Crippen molar-refractivity contribution >= 4 is 11.6 Å². The highest BCUT2D eigenvalue weighted by atomic mass is 35.5. The summed E-state index contributed by atoms with van der Waals surface area (Å²) in [4.78, 5) is 18.1. The van der Waals surface area contributed by atoms with Gasteiger partial charge in [-0.05, 0) is 26.0 Å². The molecule has 1 aliphatic rings. The minimum Gasteiger partial charge on any atom is -1.00 e. The number of amides is 1. The lowest BCUT2D eigenvalue weighted by atomic mass is 10.2. The molecule has 0 radical (unpaired) electrons. The average Bonchev–Trinajstić information content (AvgIpc) is 2.50. The van der Waals surface area contributed by atoms with E-state index >= 15 is 0 Å². The molecule has 0 unspecified atom stereocenters. The molecule has 0 spiro atoms. The molecule has 22 heavy (non-hydrogen) atoms. The van der Waals surface area contributed by atoms with Crippen LogP contribution in [0.25, 0.3) is 0 Å². The second kappa shape index (κ2) is 8.96. The van der Waals surface area contributed by atoms with Crippen LogP contribution in [0.3, 0.4) is 0 Å². The van der Waals surface area contributed by atoms with Crippen LogP contribution in [0.1, 0.15) is 13.8 Å². The third-order valence-corrected chi connectivity index (χ3v) is 4.04. The van der Waals surface area contributed by atoms with Crippen LogP contribution < -0.4 is 17.3 Å². The van der Waals surface area contributed by atoms with Gasteiger partial charge in [-0.2, -0.15) is 0 Å². The number of carbonyl (C=O) groups is 1. The first kappa shape index (κ1) is 18.7. The molecule has 0 aliphatic carbocycles. The third kappa shape index (κ3) is 4.58. The van der Waals surface area contributed by atoms with E-state index in [2.05, 4.69) is 4.90 Å². The predicted octanol–water partition coefficient (Wildman–Crippen LogP) is -1.18. The monoisotopic (exact) mass is 328 g/mol. The van der Waals surface area contributed by atoms with Gasteiger partial charge in [0.05, 0.1) is 12.2 Å². The van der Waals surface area contributed by atoms with Crippen LogP contribution in [-0.2, 0) is 4.79 Å². The van der Waals surface area contributed by atoms with Gasteiger partial charge in [0.15, 0.2) is 0 Å². The maximum Gasteiger partial charge on any atom is 0.236 e. The summed E-state index contributed by atoms with van der Waals surface area (Å²) in [7, 11) is 0. The molecule has 0 aromatic heterocycles. The number of piperazine rings is 1. The lowest BCUT2D eigenvalue weighted by molar-refractivity contribution is -0.132. The van der Waals surface area contributed by atoms with Crippen molar-refractivity contribution in [2.45, 2.75) is 13.8 Å². The SMILES string of the molecule is CCN(CC)C(=O)CN1CCN(c2ccccc2F)CC1.[Cl-]. The Morgan fingerprint density at radius 2 is 1.73 bits per heavy atom. The molecule has 1 saturated heterocycles. The van der Waals surface area contributed by atoms with Crippen LogP contribution in [0.2, 0.25) is 0 Å². The number of carbonyl (C=O) groups excluding carboxylic acids is 1. The molecule has 4 nitrogen and oxygen atoms in total. The Hall–Kier alpha value is -1.33. The maximum atomic E-state index is 13.8. The lowest BCUT2D eigenvalue weighted by Crippen LogP contribution is -3.00. The fourth-order valence-electron chi connectivity index (χ4n) is 2.72. The summed E-state index contributed by atoms with van der Waals surface area (Å²) >= 11 is 0. The Bertz CT molecular complexity index is 474. The number of halogens is 2. The second-order valence-electron chi connectivity index (χ2n) is 5.28. The van der Waals surface area contributed by atoms with E-state index in [0.717, 1.165) is 39.3 Å². The third-order valence-electron chi connectivity index (χ3n) is 4.04. The molecule has 0 atom stereocenters. The minimum atomic E-state index is -0.176. The number of nitrogens with zero attached hydrogens (tertiary/aromatic N) is 3. The van der Waals surface area contributed by atoms with Crippen molar-refractivity contribution in [3.63, 3.8) is 0 Å². The van der Waals surface area contributed by atoms with Crippen LogP contribution in [0.5, 0.6) is 0 Å². The minimum absolute atomic E-state index is 0.